The van der Waals surface area contributed by atoms with Crippen LogP contribution in [0.1, 0.15) is 32.4 Å². The molecule has 2 N–H and O–H groups in total. The number of pyridine rings is 2. The summed E-state index contributed by atoms with van der Waals surface area (Å²) in [6, 6.07) is 5.63. The minimum absolute atomic E-state index is 0.0457. The number of aliphatic hydroxyl groups is 1. The number of aliphatic hydroxyl groups excluding tert-OH is 1. The van der Waals surface area contributed by atoms with E-state index in [4.69, 9.17) is 19.2 Å². The van der Waals surface area contributed by atoms with Gasteiger partial charge in [0.15, 0.2) is 0 Å². The van der Waals surface area contributed by atoms with Crippen LogP contribution < -0.4 is 10.1 Å². The van der Waals surface area contributed by atoms with Crippen molar-refractivity contribution in [2.45, 2.75) is 38.4 Å². The number of aryl methyl sites for hydroxylation is 1. The lowest BCUT2D eigenvalue weighted by Gasteiger charge is -2.26. The van der Waals surface area contributed by atoms with E-state index in [1.54, 1.807) is 13.3 Å². The van der Waals surface area contributed by atoms with E-state index in [0.29, 0.717) is 43.3 Å². The number of amides is 1. The summed E-state index contributed by atoms with van der Waals surface area (Å²) in [4.78, 5) is 20.9. The molecule has 4 heterocycles. The van der Waals surface area contributed by atoms with Crippen LogP contribution in [0.4, 0.5) is 5.82 Å². The van der Waals surface area contributed by atoms with Crippen LogP contribution >= 0.6 is 0 Å². The largest absolute Gasteiger partial charge is 0.490 e. The molecular weight excluding hydrogens is 424 g/mol. The number of carbonyl (C=O) groups is 1. The molecule has 1 amide bonds. The van der Waals surface area contributed by atoms with Gasteiger partial charge in [-0.05, 0) is 13.0 Å². The van der Waals surface area contributed by atoms with Gasteiger partial charge in [0.1, 0.15) is 17.2 Å². The third-order valence-electron chi connectivity index (χ3n) is 5.97. The summed E-state index contributed by atoms with van der Waals surface area (Å²) in [7, 11) is 3.61. The Morgan fingerprint density at radius 2 is 2.21 bits per heavy atom. The molecule has 3 aromatic rings. The van der Waals surface area contributed by atoms with Crippen LogP contribution in [0.25, 0.3) is 22.2 Å². The summed E-state index contributed by atoms with van der Waals surface area (Å²) in [5.74, 6) is 0.938. The molecule has 176 valence electrons. The quantitative estimate of drug-likeness (QED) is 0.539. The topological polar surface area (TPSA) is 108 Å². The molecular formula is C24H30N4O5. The first-order valence-electron chi connectivity index (χ1n) is 11.0. The van der Waals surface area contributed by atoms with Crippen LogP contribution in [-0.4, -0.2) is 58.6 Å². The summed E-state index contributed by atoms with van der Waals surface area (Å²) < 4.78 is 19.6. The molecule has 4 rings (SSSR count). The lowest BCUT2D eigenvalue weighted by Crippen LogP contribution is -2.30. The van der Waals surface area contributed by atoms with Crippen LogP contribution in [-0.2, 0) is 26.9 Å². The van der Waals surface area contributed by atoms with Crippen molar-refractivity contribution >= 4 is 22.6 Å². The summed E-state index contributed by atoms with van der Waals surface area (Å²) in [6.07, 6.45) is 4.76. The fourth-order valence-corrected chi connectivity index (χ4v) is 4.16. The number of nitrogens with zero attached hydrogens (tertiary/aromatic N) is 3. The smallest absolute Gasteiger partial charge is 0.222 e. The van der Waals surface area contributed by atoms with Crippen molar-refractivity contribution in [3.63, 3.8) is 0 Å². The molecule has 0 radical (unpaired) electrons. The monoisotopic (exact) mass is 454 g/mol. The number of fused-ring (bicyclic) bond motifs is 1. The number of carbonyl (C=O) groups excluding carboxylic acids is 1. The van der Waals surface area contributed by atoms with Gasteiger partial charge in [0.2, 0.25) is 5.91 Å². The summed E-state index contributed by atoms with van der Waals surface area (Å²) in [5, 5.41) is 12.9. The minimum atomic E-state index is -0.651. The Labute approximate surface area is 192 Å². The van der Waals surface area contributed by atoms with E-state index in [0.717, 1.165) is 22.2 Å². The molecule has 1 fully saturated rings. The van der Waals surface area contributed by atoms with E-state index < -0.39 is 5.60 Å². The maximum atomic E-state index is 11.5. The van der Waals surface area contributed by atoms with Crippen LogP contribution in [0.15, 0.2) is 30.6 Å². The molecule has 2 atom stereocenters. The maximum Gasteiger partial charge on any atom is 0.222 e. The predicted molar refractivity (Wildman–Crippen MR) is 124 cm³/mol. The van der Waals surface area contributed by atoms with Crippen LogP contribution in [0.3, 0.4) is 0 Å². The molecule has 9 nitrogen and oxygen atoms in total. The molecule has 33 heavy (non-hydrogen) atoms. The molecule has 9 heteroatoms. The van der Waals surface area contributed by atoms with Gasteiger partial charge in [0, 0.05) is 76.4 Å². The van der Waals surface area contributed by atoms with Gasteiger partial charge >= 0.3 is 0 Å². The highest BCUT2D eigenvalue weighted by Crippen LogP contribution is 2.38. The second kappa shape index (κ2) is 9.46. The molecule has 1 aliphatic rings. The van der Waals surface area contributed by atoms with Gasteiger partial charge in [-0.25, -0.2) is 9.97 Å². The average molecular weight is 455 g/mol. The second-order valence-electron chi connectivity index (χ2n) is 8.44. The number of hydrogen-bond acceptors (Lipinski definition) is 7. The fourth-order valence-electron chi connectivity index (χ4n) is 4.16. The number of hydrogen-bond donors (Lipinski definition) is 2. The summed E-state index contributed by atoms with van der Waals surface area (Å²) in [6.45, 7) is 4.43. The molecule has 0 spiro atoms. The highest BCUT2D eigenvalue weighted by molar-refractivity contribution is 5.98. The Bertz CT molecular complexity index is 1150. The SMILES string of the molecule is COC1(c2cc(OC(C)CCO)cc(-c3cn(C)c4cnc(NC(C)=O)cc34)n2)CCOC1. The Morgan fingerprint density at radius 1 is 1.39 bits per heavy atom. The number of rotatable bonds is 8. The zero-order chi connectivity index (χ0) is 23.6. The Morgan fingerprint density at radius 3 is 2.88 bits per heavy atom. The van der Waals surface area contributed by atoms with Crippen LogP contribution in [0, 0.1) is 0 Å². The third-order valence-corrected chi connectivity index (χ3v) is 5.97. The van der Waals surface area contributed by atoms with E-state index >= 15 is 0 Å². The summed E-state index contributed by atoms with van der Waals surface area (Å²) >= 11 is 0. The maximum absolute atomic E-state index is 11.5. The Balaban J connectivity index is 1.86. The number of aromatic nitrogens is 3. The van der Waals surface area contributed by atoms with Crippen molar-refractivity contribution in [1.82, 2.24) is 14.5 Å². The minimum Gasteiger partial charge on any atom is -0.490 e. The number of anilines is 1. The van der Waals surface area contributed by atoms with Crippen molar-refractivity contribution < 1.29 is 24.1 Å². The molecule has 0 aromatic carbocycles. The second-order valence-corrected chi connectivity index (χ2v) is 8.44. The number of nitrogens with one attached hydrogen (secondary N) is 1. The van der Waals surface area contributed by atoms with E-state index in [1.807, 2.05) is 42.9 Å². The van der Waals surface area contributed by atoms with Crippen molar-refractivity contribution in [2.75, 3.05) is 32.2 Å². The molecule has 1 saturated heterocycles. The van der Waals surface area contributed by atoms with Crippen LogP contribution in [0.5, 0.6) is 5.75 Å². The summed E-state index contributed by atoms with van der Waals surface area (Å²) in [5.41, 5.74) is 2.59. The van der Waals surface area contributed by atoms with Crippen molar-refractivity contribution in [3.05, 3.63) is 36.3 Å². The number of methoxy groups -OCH3 is 1. The molecule has 0 aliphatic carbocycles. The molecule has 1 aliphatic heterocycles. The lowest BCUT2D eigenvalue weighted by atomic mass is 9.96. The highest BCUT2D eigenvalue weighted by atomic mass is 16.5. The standard InChI is InChI=1S/C24H30N4O5/c1-15(5-7-29)33-17-9-20(27-22(10-17)24(31-4)6-8-32-14-24)19-13-28(3)21-12-25-23(11-18(19)21)26-16(2)30/h9-13,15,29H,5-8,14H2,1-4H3,(H,25,26,30). The van der Waals surface area contributed by atoms with Gasteiger partial charge in [0.05, 0.1) is 35.8 Å². The zero-order valence-corrected chi connectivity index (χ0v) is 19.4. The van der Waals surface area contributed by atoms with Crippen molar-refractivity contribution in [2.24, 2.45) is 7.05 Å². The molecule has 2 unspecified atom stereocenters. The van der Waals surface area contributed by atoms with Gasteiger partial charge in [0.25, 0.3) is 0 Å². The first kappa shape index (κ1) is 23.2. The van der Waals surface area contributed by atoms with Gasteiger partial charge in [-0.1, -0.05) is 0 Å². The highest BCUT2D eigenvalue weighted by Gasteiger charge is 2.39. The van der Waals surface area contributed by atoms with Crippen molar-refractivity contribution in [3.8, 4) is 17.0 Å². The van der Waals surface area contributed by atoms with Gasteiger partial charge < -0.3 is 29.2 Å². The molecule has 0 bridgehead atoms. The third kappa shape index (κ3) is 4.71. The van der Waals surface area contributed by atoms with E-state index in [-0.39, 0.29) is 18.6 Å². The van der Waals surface area contributed by atoms with E-state index in [2.05, 4.69) is 10.3 Å². The first-order chi connectivity index (χ1) is 15.8. The Kier molecular flexibility index (Phi) is 6.64. The normalized spacial score (nSPS) is 19.1. The van der Waals surface area contributed by atoms with E-state index in [1.165, 1.54) is 6.92 Å². The first-order valence-corrected chi connectivity index (χ1v) is 11.0. The zero-order valence-electron chi connectivity index (χ0n) is 19.4. The average Bonchev–Trinajstić information content (AvgIpc) is 3.39. The number of ether oxygens (including phenoxy) is 3. The van der Waals surface area contributed by atoms with Crippen molar-refractivity contribution in [1.29, 1.82) is 0 Å². The van der Waals surface area contributed by atoms with Gasteiger partial charge in [-0.3, -0.25) is 4.79 Å². The van der Waals surface area contributed by atoms with Crippen LogP contribution in [0.2, 0.25) is 0 Å². The fraction of sp³-hybridized carbons (Fsp3) is 0.458. The van der Waals surface area contributed by atoms with Gasteiger partial charge in [-0.2, -0.15) is 0 Å². The molecule has 3 aromatic heterocycles. The van der Waals surface area contributed by atoms with Gasteiger partial charge in [-0.15, -0.1) is 0 Å². The lowest BCUT2D eigenvalue weighted by molar-refractivity contribution is -0.114. The van der Waals surface area contributed by atoms with E-state index in [9.17, 15) is 9.90 Å². The predicted octanol–water partition coefficient (Wildman–Crippen LogP) is 3.01. The Hall–Kier alpha value is -3.01. The molecule has 0 saturated carbocycles.